The second kappa shape index (κ2) is 5.07. The number of aromatic hydroxyl groups is 1. The Labute approximate surface area is 102 Å². The standard InChI is InChI=1S/C14H21NO2/c1-9(2)14(8-16)15-13-6-3-10-7-11(17)4-5-12(10)13/h4-5,7,9,13-17H,3,6,8H2,1-2H3. The second-order valence-electron chi connectivity index (χ2n) is 5.17. The van der Waals surface area contributed by atoms with E-state index >= 15 is 0 Å². The number of hydrogen-bond acceptors (Lipinski definition) is 3. The van der Waals surface area contributed by atoms with Crippen LogP contribution in [0.25, 0.3) is 0 Å². The minimum absolute atomic E-state index is 0.139. The van der Waals surface area contributed by atoms with Crippen molar-refractivity contribution < 1.29 is 10.2 Å². The van der Waals surface area contributed by atoms with E-state index in [-0.39, 0.29) is 12.6 Å². The van der Waals surface area contributed by atoms with Gasteiger partial charge in [-0.15, -0.1) is 0 Å². The summed E-state index contributed by atoms with van der Waals surface area (Å²) in [7, 11) is 0. The third kappa shape index (κ3) is 2.61. The maximum atomic E-state index is 9.44. The zero-order valence-corrected chi connectivity index (χ0v) is 10.5. The van der Waals surface area contributed by atoms with Gasteiger partial charge in [0.05, 0.1) is 6.61 Å². The van der Waals surface area contributed by atoms with Crippen LogP contribution in [0, 0.1) is 5.92 Å². The number of hydrogen-bond donors (Lipinski definition) is 3. The fraction of sp³-hybridized carbons (Fsp3) is 0.571. The van der Waals surface area contributed by atoms with Gasteiger partial charge in [0.15, 0.2) is 0 Å². The molecule has 3 N–H and O–H groups in total. The van der Waals surface area contributed by atoms with Crippen molar-refractivity contribution in [1.82, 2.24) is 5.32 Å². The van der Waals surface area contributed by atoms with Crippen molar-refractivity contribution in [3.63, 3.8) is 0 Å². The fourth-order valence-corrected chi connectivity index (χ4v) is 2.49. The Morgan fingerprint density at radius 1 is 1.41 bits per heavy atom. The van der Waals surface area contributed by atoms with Crippen LogP contribution < -0.4 is 5.32 Å². The predicted molar refractivity (Wildman–Crippen MR) is 68.0 cm³/mol. The molecule has 0 saturated heterocycles. The molecular weight excluding hydrogens is 214 g/mol. The molecule has 2 atom stereocenters. The Morgan fingerprint density at radius 3 is 2.82 bits per heavy atom. The molecule has 0 fully saturated rings. The van der Waals surface area contributed by atoms with Gasteiger partial charge in [-0.3, -0.25) is 0 Å². The number of fused-ring (bicyclic) bond motifs is 1. The SMILES string of the molecule is CC(C)C(CO)NC1CCc2cc(O)ccc21. The fourth-order valence-electron chi connectivity index (χ4n) is 2.49. The molecule has 17 heavy (non-hydrogen) atoms. The smallest absolute Gasteiger partial charge is 0.115 e. The topological polar surface area (TPSA) is 52.5 Å². The van der Waals surface area contributed by atoms with Crippen molar-refractivity contribution in [1.29, 1.82) is 0 Å². The number of benzene rings is 1. The van der Waals surface area contributed by atoms with Crippen LogP contribution in [0.1, 0.15) is 37.4 Å². The molecule has 0 radical (unpaired) electrons. The van der Waals surface area contributed by atoms with E-state index in [2.05, 4.69) is 19.2 Å². The van der Waals surface area contributed by atoms with Crippen molar-refractivity contribution in [2.45, 2.75) is 38.8 Å². The Balaban J connectivity index is 2.11. The van der Waals surface area contributed by atoms with E-state index in [9.17, 15) is 10.2 Å². The Hall–Kier alpha value is -1.06. The minimum atomic E-state index is 0.139. The van der Waals surface area contributed by atoms with Crippen molar-refractivity contribution in [3.8, 4) is 5.75 Å². The van der Waals surface area contributed by atoms with Gasteiger partial charge >= 0.3 is 0 Å². The lowest BCUT2D eigenvalue weighted by Gasteiger charge is -2.25. The summed E-state index contributed by atoms with van der Waals surface area (Å²) in [6, 6.07) is 6.02. The first kappa shape index (κ1) is 12.4. The average Bonchev–Trinajstić information content (AvgIpc) is 2.67. The van der Waals surface area contributed by atoms with Crippen LogP contribution in [0.5, 0.6) is 5.75 Å². The molecule has 1 aromatic rings. The van der Waals surface area contributed by atoms with E-state index in [1.165, 1.54) is 11.1 Å². The Morgan fingerprint density at radius 2 is 2.18 bits per heavy atom. The maximum Gasteiger partial charge on any atom is 0.115 e. The zero-order chi connectivity index (χ0) is 12.4. The van der Waals surface area contributed by atoms with Gasteiger partial charge in [0.2, 0.25) is 0 Å². The molecule has 2 unspecified atom stereocenters. The second-order valence-corrected chi connectivity index (χ2v) is 5.17. The molecular formula is C14H21NO2. The van der Waals surface area contributed by atoms with Crippen molar-refractivity contribution >= 4 is 0 Å². The molecule has 1 aliphatic carbocycles. The first-order valence-corrected chi connectivity index (χ1v) is 6.30. The first-order chi connectivity index (χ1) is 8.11. The van der Waals surface area contributed by atoms with Crippen molar-refractivity contribution in [3.05, 3.63) is 29.3 Å². The van der Waals surface area contributed by atoms with Crippen LogP contribution in [-0.4, -0.2) is 22.9 Å². The van der Waals surface area contributed by atoms with Gasteiger partial charge in [0.25, 0.3) is 0 Å². The lowest BCUT2D eigenvalue weighted by atomic mass is 10.0. The number of nitrogens with one attached hydrogen (secondary N) is 1. The van der Waals surface area contributed by atoms with Gasteiger partial charge in [-0.05, 0) is 42.0 Å². The normalized spacial score (nSPS) is 20.6. The van der Waals surface area contributed by atoms with E-state index < -0.39 is 0 Å². The lowest BCUT2D eigenvalue weighted by molar-refractivity contribution is 0.199. The third-order valence-corrected chi connectivity index (χ3v) is 3.62. The van der Waals surface area contributed by atoms with Gasteiger partial charge in [-0.1, -0.05) is 19.9 Å². The van der Waals surface area contributed by atoms with Crippen molar-refractivity contribution in [2.75, 3.05) is 6.61 Å². The number of phenols is 1. The van der Waals surface area contributed by atoms with Crippen LogP contribution in [0.4, 0.5) is 0 Å². The number of aryl methyl sites for hydroxylation is 1. The van der Waals surface area contributed by atoms with E-state index in [1.807, 2.05) is 12.1 Å². The summed E-state index contributed by atoms with van der Waals surface area (Å²) in [5.74, 6) is 0.758. The van der Waals surface area contributed by atoms with Crippen LogP contribution in [-0.2, 0) is 6.42 Å². The third-order valence-electron chi connectivity index (χ3n) is 3.62. The van der Waals surface area contributed by atoms with Gasteiger partial charge in [-0.25, -0.2) is 0 Å². The lowest BCUT2D eigenvalue weighted by Crippen LogP contribution is -2.38. The average molecular weight is 235 g/mol. The molecule has 1 aromatic carbocycles. The molecule has 0 aromatic heterocycles. The summed E-state index contributed by atoms with van der Waals surface area (Å²) >= 11 is 0. The quantitative estimate of drug-likeness (QED) is 0.748. The van der Waals surface area contributed by atoms with E-state index in [0.29, 0.717) is 17.7 Å². The van der Waals surface area contributed by atoms with Crippen LogP contribution in [0.3, 0.4) is 0 Å². The van der Waals surface area contributed by atoms with Crippen LogP contribution in [0.2, 0.25) is 0 Å². The van der Waals surface area contributed by atoms with Gasteiger partial charge < -0.3 is 15.5 Å². The van der Waals surface area contributed by atoms with E-state index in [1.54, 1.807) is 6.07 Å². The highest BCUT2D eigenvalue weighted by Crippen LogP contribution is 2.33. The number of phenolic OH excluding ortho intramolecular Hbond substituents is 1. The largest absolute Gasteiger partial charge is 0.508 e. The minimum Gasteiger partial charge on any atom is -0.508 e. The molecule has 3 heteroatoms. The zero-order valence-electron chi connectivity index (χ0n) is 10.5. The summed E-state index contributed by atoms with van der Waals surface area (Å²) < 4.78 is 0. The molecule has 0 aliphatic heterocycles. The monoisotopic (exact) mass is 235 g/mol. The van der Waals surface area contributed by atoms with Gasteiger partial charge in [0, 0.05) is 12.1 Å². The molecule has 3 nitrogen and oxygen atoms in total. The van der Waals surface area contributed by atoms with E-state index in [4.69, 9.17) is 0 Å². The maximum absolute atomic E-state index is 9.44. The summed E-state index contributed by atoms with van der Waals surface area (Å²) in [5.41, 5.74) is 2.49. The summed E-state index contributed by atoms with van der Waals surface area (Å²) in [6.07, 6.45) is 2.04. The Bertz CT molecular complexity index is 390. The molecule has 94 valence electrons. The number of aliphatic hydroxyl groups is 1. The predicted octanol–water partition coefficient (Wildman–Crippen LogP) is 1.99. The first-order valence-electron chi connectivity index (χ1n) is 6.30. The highest BCUT2D eigenvalue weighted by atomic mass is 16.3. The summed E-state index contributed by atoms with van der Waals surface area (Å²) in [4.78, 5) is 0. The molecule has 1 aliphatic rings. The van der Waals surface area contributed by atoms with Crippen LogP contribution in [0.15, 0.2) is 18.2 Å². The summed E-state index contributed by atoms with van der Waals surface area (Å²) in [6.45, 7) is 4.39. The highest BCUT2D eigenvalue weighted by molar-refractivity contribution is 5.40. The molecule has 0 bridgehead atoms. The molecule has 0 heterocycles. The Kier molecular flexibility index (Phi) is 3.69. The summed E-state index contributed by atoms with van der Waals surface area (Å²) in [5, 5.41) is 22.3. The van der Waals surface area contributed by atoms with E-state index in [0.717, 1.165) is 12.8 Å². The molecule has 2 rings (SSSR count). The van der Waals surface area contributed by atoms with Gasteiger partial charge in [-0.2, -0.15) is 0 Å². The van der Waals surface area contributed by atoms with Crippen LogP contribution >= 0.6 is 0 Å². The number of rotatable bonds is 4. The highest BCUT2D eigenvalue weighted by Gasteiger charge is 2.25. The van der Waals surface area contributed by atoms with Gasteiger partial charge in [0.1, 0.15) is 5.75 Å². The van der Waals surface area contributed by atoms with Crippen molar-refractivity contribution in [2.24, 2.45) is 5.92 Å². The number of aliphatic hydroxyl groups excluding tert-OH is 1. The molecule has 0 saturated carbocycles. The molecule has 0 amide bonds. The molecule has 0 spiro atoms.